The van der Waals surface area contributed by atoms with Gasteiger partial charge < -0.3 is 5.11 Å². The highest BCUT2D eigenvalue weighted by Crippen LogP contribution is 2.54. The third kappa shape index (κ3) is 2.39. The van der Waals surface area contributed by atoms with Crippen molar-refractivity contribution < 1.29 is 18.3 Å². The molecule has 3 rings (SSSR count). The molecule has 0 aliphatic heterocycles. The maximum atomic E-state index is 13.3. The first kappa shape index (κ1) is 15.0. The van der Waals surface area contributed by atoms with Crippen molar-refractivity contribution in [2.45, 2.75) is 37.0 Å². The number of nitrogens with zero attached hydrogens (tertiary/aromatic N) is 1. The van der Waals surface area contributed by atoms with Gasteiger partial charge >= 0.3 is 6.18 Å². The van der Waals surface area contributed by atoms with Gasteiger partial charge in [0.15, 0.2) is 0 Å². The number of pyridine rings is 1. The van der Waals surface area contributed by atoms with Crippen molar-refractivity contribution in [1.82, 2.24) is 4.98 Å². The molecule has 1 heterocycles. The second-order valence-corrected chi connectivity index (χ2v) is 5.71. The standard InChI is InChI=1S/C17H16F3NO/c18-17(19,20)13-7-2-1-6-12(13)16(9-5-10-16)15(22)14-8-3-4-11-21-14/h1-4,6-8,11,15,22H,5,9-10H2. The van der Waals surface area contributed by atoms with E-state index < -0.39 is 23.3 Å². The molecule has 1 aromatic carbocycles. The highest BCUT2D eigenvalue weighted by atomic mass is 19.4. The molecule has 0 bridgehead atoms. The Morgan fingerprint density at radius 2 is 1.73 bits per heavy atom. The van der Waals surface area contributed by atoms with E-state index in [0.29, 0.717) is 18.5 Å². The van der Waals surface area contributed by atoms with Gasteiger partial charge in [0, 0.05) is 11.6 Å². The van der Waals surface area contributed by atoms with Crippen LogP contribution in [-0.2, 0) is 11.6 Å². The fraction of sp³-hybridized carbons (Fsp3) is 0.353. The summed E-state index contributed by atoms with van der Waals surface area (Å²) in [5, 5.41) is 10.7. The molecule has 1 aromatic heterocycles. The number of alkyl halides is 3. The molecule has 1 fully saturated rings. The summed E-state index contributed by atoms with van der Waals surface area (Å²) in [5.41, 5.74) is -0.976. The number of rotatable bonds is 3. The van der Waals surface area contributed by atoms with Crippen molar-refractivity contribution in [3.63, 3.8) is 0 Å². The molecule has 116 valence electrons. The van der Waals surface area contributed by atoms with E-state index in [1.807, 2.05) is 0 Å². The van der Waals surface area contributed by atoms with Gasteiger partial charge in [-0.05, 0) is 36.6 Å². The molecule has 1 unspecified atom stereocenters. The van der Waals surface area contributed by atoms with E-state index >= 15 is 0 Å². The molecule has 2 nitrogen and oxygen atoms in total. The summed E-state index contributed by atoms with van der Waals surface area (Å²) in [6.45, 7) is 0. The van der Waals surface area contributed by atoms with Gasteiger partial charge in [0.1, 0.15) is 6.10 Å². The number of aromatic nitrogens is 1. The summed E-state index contributed by atoms with van der Waals surface area (Å²) in [6.07, 6.45) is -2.07. The van der Waals surface area contributed by atoms with Crippen LogP contribution in [-0.4, -0.2) is 10.1 Å². The summed E-state index contributed by atoms with van der Waals surface area (Å²) in [6, 6.07) is 10.6. The van der Waals surface area contributed by atoms with Gasteiger partial charge in [-0.2, -0.15) is 13.2 Å². The Kier molecular flexibility index (Phi) is 3.68. The largest absolute Gasteiger partial charge is 0.416 e. The molecule has 1 aliphatic rings. The molecule has 1 atom stereocenters. The molecule has 0 radical (unpaired) electrons. The molecule has 5 heteroatoms. The van der Waals surface area contributed by atoms with Crippen LogP contribution >= 0.6 is 0 Å². The number of benzene rings is 1. The van der Waals surface area contributed by atoms with Crippen molar-refractivity contribution in [2.75, 3.05) is 0 Å². The average molecular weight is 307 g/mol. The van der Waals surface area contributed by atoms with Crippen molar-refractivity contribution >= 4 is 0 Å². The van der Waals surface area contributed by atoms with Gasteiger partial charge in [0.2, 0.25) is 0 Å². The molecular weight excluding hydrogens is 291 g/mol. The Morgan fingerprint density at radius 1 is 1.05 bits per heavy atom. The molecule has 0 saturated heterocycles. The van der Waals surface area contributed by atoms with Gasteiger partial charge in [-0.1, -0.05) is 30.7 Å². The zero-order valence-electron chi connectivity index (χ0n) is 11.8. The minimum absolute atomic E-state index is 0.173. The summed E-state index contributed by atoms with van der Waals surface area (Å²) in [4.78, 5) is 4.11. The summed E-state index contributed by atoms with van der Waals surface area (Å²) in [7, 11) is 0. The first-order valence-electron chi connectivity index (χ1n) is 7.21. The van der Waals surface area contributed by atoms with Gasteiger partial charge in [-0.25, -0.2) is 0 Å². The monoisotopic (exact) mass is 307 g/mol. The average Bonchev–Trinajstić information content (AvgIpc) is 2.46. The summed E-state index contributed by atoms with van der Waals surface area (Å²) >= 11 is 0. The van der Waals surface area contributed by atoms with Crippen LogP contribution in [0.25, 0.3) is 0 Å². The number of aliphatic hydroxyl groups is 1. The topological polar surface area (TPSA) is 33.1 Å². The van der Waals surface area contributed by atoms with Crippen LogP contribution in [0, 0.1) is 0 Å². The van der Waals surface area contributed by atoms with Crippen LogP contribution in [0.5, 0.6) is 0 Å². The molecule has 1 N–H and O–H groups in total. The van der Waals surface area contributed by atoms with E-state index in [-0.39, 0.29) is 5.56 Å². The third-order valence-electron chi connectivity index (χ3n) is 4.51. The van der Waals surface area contributed by atoms with Crippen LogP contribution in [0.4, 0.5) is 13.2 Å². The quantitative estimate of drug-likeness (QED) is 0.919. The Morgan fingerprint density at radius 3 is 2.27 bits per heavy atom. The lowest BCUT2D eigenvalue weighted by molar-refractivity contribution is -0.140. The van der Waals surface area contributed by atoms with E-state index in [9.17, 15) is 18.3 Å². The van der Waals surface area contributed by atoms with E-state index in [1.54, 1.807) is 30.5 Å². The lowest BCUT2D eigenvalue weighted by Crippen LogP contribution is -2.42. The predicted octanol–water partition coefficient (Wildman–Crippen LogP) is 4.26. The van der Waals surface area contributed by atoms with Crippen LogP contribution in [0.2, 0.25) is 0 Å². The number of aliphatic hydroxyl groups excluding tert-OH is 1. The summed E-state index contributed by atoms with van der Waals surface area (Å²) in [5.74, 6) is 0. The Balaban J connectivity index is 2.09. The molecule has 22 heavy (non-hydrogen) atoms. The molecule has 1 aliphatic carbocycles. The van der Waals surface area contributed by atoms with Crippen LogP contribution in [0.1, 0.15) is 42.2 Å². The number of hydrogen-bond acceptors (Lipinski definition) is 2. The van der Waals surface area contributed by atoms with Crippen molar-refractivity contribution in [3.05, 3.63) is 65.5 Å². The van der Waals surface area contributed by atoms with Gasteiger partial charge in [0.25, 0.3) is 0 Å². The van der Waals surface area contributed by atoms with Gasteiger partial charge in [-0.15, -0.1) is 0 Å². The minimum atomic E-state index is -4.43. The lowest BCUT2D eigenvalue weighted by Gasteiger charge is -2.46. The fourth-order valence-corrected chi connectivity index (χ4v) is 3.23. The first-order valence-corrected chi connectivity index (χ1v) is 7.21. The molecule has 0 amide bonds. The molecule has 1 saturated carbocycles. The van der Waals surface area contributed by atoms with E-state index in [2.05, 4.69) is 4.98 Å². The molecular formula is C17H16F3NO. The van der Waals surface area contributed by atoms with E-state index in [1.165, 1.54) is 12.1 Å². The summed E-state index contributed by atoms with van der Waals surface area (Å²) < 4.78 is 39.9. The Bertz CT molecular complexity index is 650. The predicted molar refractivity (Wildman–Crippen MR) is 76.2 cm³/mol. The van der Waals surface area contributed by atoms with E-state index in [4.69, 9.17) is 0 Å². The zero-order chi connectivity index (χ0) is 15.8. The fourth-order valence-electron chi connectivity index (χ4n) is 3.23. The zero-order valence-corrected chi connectivity index (χ0v) is 11.8. The normalized spacial score (nSPS) is 18.5. The van der Waals surface area contributed by atoms with Crippen molar-refractivity contribution in [3.8, 4) is 0 Å². The molecule has 0 spiro atoms. The highest BCUT2D eigenvalue weighted by Gasteiger charge is 2.50. The highest BCUT2D eigenvalue weighted by molar-refractivity contribution is 5.40. The lowest BCUT2D eigenvalue weighted by atomic mass is 9.59. The van der Waals surface area contributed by atoms with Crippen LogP contribution in [0.3, 0.4) is 0 Å². The van der Waals surface area contributed by atoms with Gasteiger partial charge in [-0.3, -0.25) is 4.98 Å². The Labute approximate surface area is 126 Å². The Hall–Kier alpha value is -1.88. The van der Waals surface area contributed by atoms with Crippen LogP contribution in [0.15, 0.2) is 48.7 Å². The van der Waals surface area contributed by atoms with Crippen LogP contribution < -0.4 is 0 Å². The number of hydrogen-bond donors (Lipinski definition) is 1. The third-order valence-corrected chi connectivity index (χ3v) is 4.51. The second kappa shape index (κ2) is 5.39. The maximum absolute atomic E-state index is 13.3. The van der Waals surface area contributed by atoms with E-state index in [0.717, 1.165) is 12.5 Å². The number of halogens is 3. The SMILES string of the molecule is OC(c1ccccn1)C1(c2ccccc2C(F)(F)F)CCC1. The minimum Gasteiger partial charge on any atom is -0.386 e. The van der Waals surface area contributed by atoms with Gasteiger partial charge in [0.05, 0.1) is 11.3 Å². The van der Waals surface area contributed by atoms with Crippen molar-refractivity contribution in [2.24, 2.45) is 0 Å². The first-order chi connectivity index (χ1) is 10.5. The molecule has 2 aromatic rings. The smallest absolute Gasteiger partial charge is 0.386 e. The van der Waals surface area contributed by atoms with Crippen molar-refractivity contribution in [1.29, 1.82) is 0 Å². The maximum Gasteiger partial charge on any atom is 0.416 e. The second-order valence-electron chi connectivity index (χ2n) is 5.71.